The summed E-state index contributed by atoms with van der Waals surface area (Å²) in [5.74, 6) is -3.43. The number of ether oxygens (including phenoxy) is 5. The highest BCUT2D eigenvalue weighted by Gasteiger charge is 2.33. The molecule has 0 bridgehead atoms. The Hall–Kier alpha value is -5.75. The Balaban J connectivity index is 1.37. The zero-order valence-corrected chi connectivity index (χ0v) is 44.8. The molecule has 0 spiro atoms. The second kappa shape index (κ2) is 35.4. The highest BCUT2D eigenvalue weighted by molar-refractivity contribution is 7.09. The van der Waals surface area contributed by atoms with Gasteiger partial charge in [0.15, 0.2) is 0 Å². The Kier molecular flexibility index (Phi) is 30.0. The standard InChI is InChI=1S/C51H79N7O15S/c1-7-10-13-44(61)57(22-8-2)41(35(4)5)33-42(71-23-9-3)50-54-40(34-74-50)49(66)53-38(32-37-15-17-39(59)18-16-37)31-36(6)48(65)55-56-51(67)72-30-29-70-28-27-69-26-25-68-24-21-52-43(60)12-11-14-47(64)73-58-45(62)19-20-46(58)63/h15-18,34-36,38,41-42,59H,7-14,19-33H2,1-6H3,(H,52,60)(H,53,66)(H,55,65)(H,56,67)/t36-,38?,41?,42?/m0/s1. The van der Waals surface area contributed by atoms with E-state index in [0.717, 1.165) is 31.2 Å². The number of rotatable bonds is 37. The third-order valence-electron chi connectivity index (χ3n) is 11.6. The van der Waals surface area contributed by atoms with E-state index >= 15 is 0 Å². The summed E-state index contributed by atoms with van der Waals surface area (Å²) < 4.78 is 27.7. The Bertz CT molecular complexity index is 2040. The van der Waals surface area contributed by atoms with Gasteiger partial charge in [-0.05, 0) is 62.1 Å². The van der Waals surface area contributed by atoms with Crippen molar-refractivity contribution in [3.63, 3.8) is 0 Å². The molecule has 2 heterocycles. The number of aromatic hydroxyl groups is 1. The first kappa shape index (κ1) is 62.5. The van der Waals surface area contributed by atoms with Gasteiger partial charge in [-0.25, -0.2) is 20.0 Å². The van der Waals surface area contributed by atoms with E-state index < -0.39 is 53.8 Å². The number of amides is 7. The van der Waals surface area contributed by atoms with E-state index in [1.165, 1.54) is 11.3 Å². The van der Waals surface area contributed by atoms with Crippen molar-refractivity contribution in [3.05, 3.63) is 45.9 Å². The molecule has 4 atom stereocenters. The number of benzene rings is 1. The molecule has 5 N–H and O–H groups in total. The lowest BCUT2D eigenvalue weighted by Gasteiger charge is -2.36. The quantitative estimate of drug-likeness (QED) is 0.0329. The molecule has 1 saturated heterocycles. The number of unbranched alkanes of at least 4 members (excludes halogenated alkanes) is 1. The topological polar surface area (TPSA) is 280 Å². The van der Waals surface area contributed by atoms with Gasteiger partial charge in [0, 0.05) is 81.6 Å². The molecule has 1 aliphatic heterocycles. The molecule has 1 aliphatic rings. The SMILES string of the molecule is CCCCC(=O)N(CCC)C(CC(OCCC)c1nc(C(=O)NC(Cc2ccc(O)cc2)C[C@H](C)C(=O)NNC(=O)OCCOCCOCCOCCNC(=O)CCCC(=O)ON2C(=O)CCC2=O)cs1)C(C)C. The van der Waals surface area contributed by atoms with Crippen LogP contribution in [0.25, 0.3) is 0 Å². The highest BCUT2D eigenvalue weighted by Crippen LogP contribution is 2.31. The van der Waals surface area contributed by atoms with Crippen molar-refractivity contribution < 1.29 is 72.0 Å². The van der Waals surface area contributed by atoms with E-state index in [0.29, 0.717) is 42.5 Å². The van der Waals surface area contributed by atoms with E-state index in [1.54, 1.807) is 36.6 Å². The molecule has 22 nitrogen and oxygen atoms in total. The molecule has 1 aromatic carbocycles. The maximum absolute atomic E-state index is 13.9. The van der Waals surface area contributed by atoms with E-state index in [-0.39, 0.29) is 127 Å². The minimum absolute atomic E-state index is 0.00578. The molecule has 23 heteroatoms. The summed E-state index contributed by atoms with van der Waals surface area (Å²) >= 11 is 1.33. The third kappa shape index (κ3) is 24.1. The van der Waals surface area contributed by atoms with Crippen LogP contribution in [0.3, 0.4) is 0 Å². The first-order valence-corrected chi connectivity index (χ1v) is 26.7. The molecule has 74 heavy (non-hydrogen) atoms. The fourth-order valence-corrected chi connectivity index (χ4v) is 8.53. The van der Waals surface area contributed by atoms with Gasteiger partial charge in [-0.15, -0.1) is 16.4 Å². The van der Waals surface area contributed by atoms with Crippen molar-refractivity contribution >= 4 is 58.8 Å². The molecule has 1 fully saturated rings. The molecule has 3 unspecified atom stereocenters. The molecule has 2 aromatic rings. The summed E-state index contributed by atoms with van der Waals surface area (Å²) in [6, 6.07) is 5.92. The zero-order chi connectivity index (χ0) is 54.3. The third-order valence-corrected chi connectivity index (χ3v) is 12.5. The van der Waals surface area contributed by atoms with Crippen LogP contribution in [-0.2, 0) is 63.7 Å². The van der Waals surface area contributed by atoms with Crippen molar-refractivity contribution in [2.24, 2.45) is 11.8 Å². The summed E-state index contributed by atoms with van der Waals surface area (Å²) in [6.45, 7) is 14.6. The van der Waals surface area contributed by atoms with Crippen LogP contribution in [0, 0.1) is 11.8 Å². The van der Waals surface area contributed by atoms with Gasteiger partial charge in [-0.1, -0.05) is 60.1 Å². The fraction of sp³-hybridized carbons (Fsp3) is 0.667. The molecular formula is C51H79N7O15S. The van der Waals surface area contributed by atoms with Crippen LogP contribution in [0.1, 0.15) is 146 Å². The minimum atomic E-state index is -0.899. The van der Waals surface area contributed by atoms with Gasteiger partial charge in [0.2, 0.25) is 17.7 Å². The molecule has 0 aliphatic carbocycles. The fourth-order valence-electron chi connectivity index (χ4n) is 7.67. The maximum Gasteiger partial charge on any atom is 0.426 e. The smallest absolute Gasteiger partial charge is 0.426 e. The lowest BCUT2D eigenvalue weighted by Crippen LogP contribution is -2.46. The van der Waals surface area contributed by atoms with E-state index in [4.69, 9.17) is 33.5 Å². The number of hydrogen-bond acceptors (Lipinski definition) is 17. The number of thiazole rings is 1. The van der Waals surface area contributed by atoms with Crippen molar-refractivity contribution in [1.29, 1.82) is 0 Å². The Morgan fingerprint density at radius 3 is 2.08 bits per heavy atom. The summed E-state index contributed by atoms with van der Waals surface area (Å²) in [5, 5.41) is 18.4. The number of hydroxylamine groups is 2. The number of nitrogens with one attached hydrogen (secondary N) is 4. The van der Waals surface area contributed by atoms with E-state index in [1.807, 2.05) is 11.8 Å². The van der Waals surface area contributed by atoms with Crippen LogP contribution >= 0.6 is 11.3 Å². The molecule has 0 radical (unpaired) electrons. The number of phenolic OH excluding ortho intramolecular Hbond substituents is 1. The number of aromatic nitrogens is 1. The predicted molar refractivity (Wildman–Crippen MR) is 272 cm³/mol. The maximum atomic E-state index is 13.9. The number of hydrazine groups is 1. The predicted octanol–water partition coefficient (Wildman–Crippen LogP) is 5.23. The number of carbonyl (C=O) groups is 8. The minimum Gasteiger partial charge on any atom is -0.508 e. The summed E-state index contributed by atoms with van der Waals surface area (Å²) in [4.78, 5) is 111. The number of imide groups is 1. The van der Waals surface area contributed by atoms with Gasteiger partial charge in [-0.2, -0.15) is 0 Å². The molecule has 3 rings (SSSR count). The van der Waals surface area contributed by atoms with Crippen molar-refractivity contribution in [2.45, 2.75) is 143 Å². The van der Waals surface area contributed by atoms with E-state index in [2.05, 4.69) is 49.2 Å². The molecule has 1 aromatic heterocycles. The van der Waals surface area contributed by atoms with Crippen LogP contribution in [0.4, 0.5) is 4.79 Å². The van der Waals surface area contributed by atoms with Crippen molar-refractivity contribution in [1.82, 2.24) is 36.4 Å². The summed E-state index contributed by atoms with van der Waals surface area (Å²) in [6.07, 6.45) is 3.71. The first-order chi connectivity index (χ1) is 35.6. The second-order valence-electron chi connectivity index (χ2n) is 18.2. The van der Waals surface area contributed by atoms with Gasteiger partial charge in [0.1, 0.15) is 29.2 Å². The zero-order valence-electron chi connectivity index (χ0n) is 43.9. The summed E-state index contributed by atoms with van der Waals surface area (Å²) in [5.41, 5.74) is 5.62. The highest BCUT2D eigenvalue weighted by atomic mass is 32.1. The van der Waals surface area contributed by atoms with E-state index in [9.17, 15) is 43.5 Å². The number of carbonyl (C=O) groups excluding carboxylic acids is 8. The van der Waals surface area contributed by atoms with Gasteiger partial charge >= 0.3 is 12.1 Å². The van der Waals surface area contributed by atoms with Crippen LogP contribution in [0.15, 0.2) is 29.6 Å². The van der Waals surface area contributed by atoms with Crippen molar-refractivity contribution in [3.8, 4) is 5.75 Å². The summed E-state index contributed by atoms with van der Waals surface area (Å²) in [7, 11) is 0. The number of hydrogen-bond donors (Lipinski definition) is 5. The normalized spacial score (nSPS) is 14.0. The molecular weight excluding hydrogens is 983 g/mol. The van der Waals surface area contributed by atoms with Crippen molar-refractivity contribution in [2.75, 3.05) is 65.9 Å². The lowest BCUT2D eigenvalue weighted by molar-refractivity contribution is -0.197. The van der Waals surface area contributed by atoms with Crippen LogP contribution < -0.4 is 21.5 Å². The average molecular weight is 1060 g/mol. The molecule has 7 amide bonds. The Labute approximate surface area is 438 Å². The Morgan fingerprint density at radius 1 is 0.784 bits per heavy atom. The number of nitrogens with zero attached hydrogens (tertiary/aromatic N) is 3. The van der Waals surface area contributed by atoms with Gasteiger partial charge < -0.3 is 49.2 Å². The number of phenols is 1. The molecule has 414 valence electrons. The van der Waals surface area contributed by atoms with Crippen LogP contribution in [0.5, 0.6) is 5.75 Å². The van der Waals surface area contributed by atoms with Crippen LogP contribution in [-0.4, -0.2) is 146 Å². The monoisotopic (exact) mass is 1060 g/mol. The molecule has 0 saturated carbocycles. The van der Waals surface area contributed by atoms with Gasteiger partial charge in [0.25, 0.3) is 17.7 Å². The van der Waals surface area contributed by atoms with Gasteiger partial charge in [0.05, 0.1) is 39.6 Å². The lowest BCUT2D eigenvalue weighted by atomic mass is 9.95. The average Bonchev–Trinajstić information content (AvgIpc) is 3.99. The second-order valence-corrected chi connectivity index (χ2v) is 19.1. The largest absolute Gasteiger partial charge is 0.508 e. The Morgan fingerprint density at radius 2 is 1.45 bits per heavy atom. The van der Waals surface area contributed by atoms with Gasteiger partial charge in [-0.3, -0.25) is 34.2 Å². The first-order valence-electron chi connectivity index (χ1n) is 25.8. The van der Waals surface area contributed by atoms with Crippen LogP contribution in [0.2, 0.25) is 0 Å².